The maximum atomic E-state index is 5.41. The van der Waals surface area contributed by atoms with Crippen LogP contribution >= 0.6 is 0 Å². The molecule has 7 heteroatoms. The Morgan fingerprint density at radius 1 is 1.00 bits per heavy atom. The maximum Gasteiger partial charge on any atom is 0.158 e. The number of nitrogens with one attached hydrogen (secondary N) is 2. The molecule has 3 rings (SSSR count). The summed E-state index contributed by atoms with van der Waals surface area (Å²) in [7, 11) is 3.30. The summed E-state index contributed by atoms with van der Waals surface area (Å²) >= 11 is 0. The van der Waals surface area contributed by atoms with Gasteiger partial charge in [-0.25, -0.2) is 4.98 Å². The standard InChI is InChI=1S/C23H33N5O2/c1-7-27(8-2)11-9-10-24-23-16(3)17(4)25-22-15-21(26-28(22)23)18-12-19(29-5)14-20(13-18)30-6/h12-15,24H,7-11H2,1-6H3/p+1. The number of quaternary nitrogens is 1. The van der Waals surface area contributed by atoms with Crippen molar-refractivity contribution in [2.24, 2.45) is 0 Å². The molecule has 0 aliphatic rings. The molecule has 2 N–H and O–H groups in total. The molecule has 0 fully saturated rings. The highest BCUT2D eigenvalue weighted by atomic mass is 16.5. The largest absolute Gasteiger partial charge is 0.497 e. The number of ether oxygens (including phenoxy) is 2. The van der Waals surface area contributed by atoms with Crippen LogP contribution in [0.25, 0.3) is 16.9 Å². The van der Waals surface area contributed by atoms with Crippen LogP contribution in [0.1, 0.15) is 31.5 Å². The Kier molecular flexibility index (Phi) is 7.15. The average molecular weight is 413 g/mol. The summed E-state index contributed by atoms with van der Waals surface area (Å²) in [6, 6.07) is 7.79. The number of benzene rings is 1. The first-order valence-corrected chi connectivity index (χ1v) is 10.7. The fraction of sp³-hybridized carbons (Fsp3) is 0.478. The summed E-state index contributed by atoms with van der Waals surface area (Å²) in [5.74, 6) is 2.48. The molecule has 0 bridgehead atoms. The number of fused-ring (bicyclic) bond motifs is 1. The van der Waals surface area contributed by atoms with Crippen molar-refractivity contribution < 1.29 is 14.4 Å². The van der Waals surface area contributed by atoms with Gasteiger partial charge in [-0.15, -0.1) is 0 Å². The van der Waals surface area contributed by atoms with E-state index in [0.29, 0.717) is 0 Å². The molecule has 0 radical (unpaired) electrons. The molecular weight excluding hydrogens is 378 g/mol. The average Bonchev–Trinajstić information content (AvgIpc) is 3.19. The number of rotatable bonds is 10. The minimum atomic E-state index is 0.735. The Labute approximate surface area is 179 Å². The van der Waals surface area contributed by atoms with Crippen LogP contribution in [0, 0.1) is 13.8 Å². The van der Waals surface area contributed by atoms with Gasteiger partial charge in [0.1, 0.15) is 17.3 Å². The summed E-state index contributed by atoms with van der Waals surface area (Å²) in [5.41, 5.74) is 4.72. The molecule has 0 atom stereocenters. The topological polar surface area (TPSA) is 65.1 Å². The summed E-state index contributed by atoms with van der Waals surface area (Å²) in [6.45, 7) is 13.0. The SMILES string of the molecule is CC[NH+](CC)CCCNc1c(C)c(C)nc2cc(-c3cc(OC)cc(OC)c3)nn12. The van der Waals surface area contributed by atoms with Crippen LogP contribution in [-0.4, -0.2) is 55.0 Å². The van der Waals surface area contributed by atoms with Crippen LogP contribution in [0.5, 0.6) is 11.5 Å². The van der Waals surface area contributed by atoms with Crippen molar-refractivity contribution in [1.29, 1.82) is 0 Å². The van der Waals surface area contributed by atoms with Crippen molar-refractivity contribution in [3.8, 4) is 22.8 Å². The number of hydrogen-bond acceptors (Lipinski definition) is 5. The zero-order valence-corrected chi connectivity index (χ0v) is 19.0. The Bertz CT molecular complexity index is 973. The van der Waals surface area contributed by atoms with Gasteiger partial charge in [0.15, 0.2) is 5.65 Å². The highest BCUT2D eigenvalue weighted by Crippen LogP contribution is 2.30. The molecule has 0 aliphatic heterocycles. The Morgan fingerprint density at radius 2 is 1.67 bits per heavy atom. The predicted molar refractivity (Wildman–Crippen MR) is 121 cm³/mol. The van der Waals surface area contributed by atoms with E-state index >= 15 is 0 Å². The van der Waals surface area contributed by atoms with E-state index in [1.807, 2.05) is 35.7 Å². The van der Waals surface area contributed by atoms with E-state index in [1.54, 1.807) is 19.1 Å². The molecule has 1 aromatic carbocycles. The lowest BCUT2D eigenvalue weighted by atomic mass is 10.1. The number of aromatic nitrogens is 3. The lowest BCUT2D eigenvalue weighted by molar-refractivity contribution is -0.896. The van der Waals surface area contributed by atoms with Gasteiger partial charge in [-0.3, -0.25) is 0 Å². The van der Waals surface area contributed by atoms with Gasteiger partial charge in [0.25, 0.3) is 0 Å². The normalized spacial score (nSPS) is 11.3. The molecule has 0 saturated carbocycles. The zero-order valence-electron chi connectivity index (χ0n) is 19.0. The number of aryl methyl sites for hydroxylation is 1. The third-order valence-corrected chi connectivity index (χ3v) is 5.73. The van der Waals surface area contributed by atoms with Gasteiger partial charge in [0.2, 0.25) is 0 Å². The highest BCUT2D eigenvalue weighted by Gasteiger charge is 2.15. The summed E-state index contributed by atoms with van der Waals surface area (Å²) in [4.78, 5) is 6.37. The molecular formula is C23H34N5O2+. The van der Waals surface area contributed by atoms with Crippen LogP contribution in [-0.2, 0) is 0 Å². The summed E-state index contributed by atoms with van der Waals surface area (Å²) in [5, 5.41) is 8.47. The third kappa shape index (κ3) is 4.67. The quantitative estimate of drug-likeness (QED) is 0.502. The van der Waals surface area contributed by atoms with Crippen molar-refractivity contribution in [3.63, 3.8) is 0 Å². The van der Waals surface area contributed by atoms with E-state index < -0.39 is 0 Å². The van der Waals surface area contributed by atoms with Crippen molar-refractivity contribution in [2.45, 2.75) is 34.1 Å². The molecule has 2 aromatic heterocycles. The number of hydrogen-bond donors (Lipinski definition) is 2. The number of methoxy groups -OCH3 is 2. The fourth-order valence-corrected chi connectivity index (χ4v) is 3.65. The smallest absolute Gasteiger partial charge is 0.158 e. The van der Waals surface area contributed by atoms with Crippen LogP contribution < -0.4 is 19.7 Å². The Morgan fingerprint density at radius 3 is 2.27 bits per heavy atom. The highest BCUT2D eigenvalue weighted by molar-refractivity contribution is 5.69. The van der Waals surface area contributed by atoms with Crippen LogP contribution in [0.3, 0.4) is 0 Å². The second-order valence-electron chi connectivity index (χ2n) is 7.56. The second-order valence-corrected chi connectivity index (χ2v) is 7.56. The molecule has 162 valence electrons. The molecule has 0 saturated heterocycles. The molecule has 30 heavy (non-hydrogen) atoms. The third-order valence-electron chi connectivity index (χ3n) is 5.73. The summed E-state index contributed by atoms with van der Waals surface area (Å²) in [6.07, 6.45) is 1.11. The van der Waals surface area contributed by atoms with E-state index in [2.05, 4.69) is 26.1 Å². The molecule has 0 spiro atoms. The molecule has 2 heterocycles. The van der Waals surface area contributed by atoms with Gasteiger partial charge in [0.05, 0.1) is 39.5 Å². The lowest BCUT2D eigenvalue weighted by Crippen LogP contribution is -3.11. The Hall–Kier alpha value is -2.80. The van der Waals surface area contributed by atoms with Crippen molar-refractivity contribution in [3.05, 3.63) is 35.5 Å². The molecule has 7 nitrogen and oxygen atoms in total. The van der Waals surface area contributed by atoms with E-state index in [9.17, 15) is 0 Å². The van der Waals surface area contributed by atoms with E-state index in [4.69, 9.17) is 19.6 Å². The fourth-order valence-electron chi connectivity index (χ4n) is 3.65. The van der Waals surface area contributed by atoms with Crippen molar-refractivity contribution in [1.82, 2.24) is 14.6 Å². The predicted octanol–water partition coefficient (Wildman–Crippen LogP) is 2.76. The molecule has 0 amide bonds. The van der Waals surface area contributed by atoms with Gasteiger partial charge in [-0.05, 0) is 39.8 Å². The summed E-state index contributed by atoms with van der Waals surface area (Å²) < 4.78 is 12.7. The first-order chi connectivity index (χ1) is 14.5. The van der Waals surface area contributed by atoms with Crippen molar-refractivity contribution >= 4 is 11.5 Å². The number of nitrogens with zero attached hydrogens (tertiary/aromatic N) is 3. The van der Waals surface area contributed by atoms with Crippen LogP contribution in [0.4, 0.5) is 5.82 Å². The molecule has 3 aromatic rings. The monoisotopic (exact) mass is 412 g/mol. The molecule has 0 unspecified atom stereocenters. The minimum Gasteiger partial charge on any atom is -0.497 e. The minimum absolute atomic E-state index is 0.735. The number of anilines is 1. The van der Waals surface area contributed by atoms with Crippen LogP contribution in [0.2, 0.25) is 0 Å². The second kappa shape index (κ2) is 9.80. The maximum absolute atomic E-state index is 5.41. The van der Waals surface area contributed by atoms with E-state index in [1.165, 1.54) is 19.6 Å². The lowest BCUT2D eigenvalue weighted by Gasteiger charge is -2.16. The van der Waals surface area contributed by atoms with Crippen molar-refractivity contribution in [2.75, 3.05) is 45.7 Å². The van der Waals surface area contributed by atoms with Gasteiger partial charge in [-0.1, -0.05) is 0 Å². The van der Waals surface area contributed by atoms with Gasteiger partial charge in [-0.2, -0.15) is 9.61 Å². The van der Waals surface area contributed by atoms with E-state index in [0.717, 1.165) is 58.4 Å². The van der Waals surface area contributed by atoms with Gasteiger partial charge < -0.3 is 19.7 Å². The van der Waals surface area contributed by atoms with E-state index in [-0.39, 0.29) is 0 Å². The van der Waals surface area contributed by atoms with Crippen LogP contribution in [0.15, 0.2) is 24.3 Å². The van der Waals surface area contributed by atoms with Gasteiger partial charge in [0, 0.05) is 41.9 Å². The zero-order chi connectivity index (χ0) is 21.7. The van der Waals surface area contributed by atoms with Gasteiger partial charge >= 0.3 is 0 Å². The Balaban J connectivity index is 1.91. The molecule has 0 aliphatic carbocycles. The first kappa shape index (κ1) is 21.9. The first-order valence-electron chi connectivity index (χ1n) is 10.7.